The van der Waals surface area contributed by atoms with Crippen molar-refractivity contribution in [3.05, 3.63) is 40.7 Å². The summed E-state index contributed by atoms with van der Waals surface area (Å²) in [6.45, 7) is 4.44. The number of nitrogens with one attached hydrogen (secondary N) is 2. The van der Waals surface area contributed by atoms with Gasteiger partial charge in [0.05, 0.1) is 25.4 Å². The van der Waals surface area contributed by atoms with Crippen LogP contribution in [-0.4, -0.2) is 35.9 Å². The highest BCUT2D eigenvalue weighted by Gasteiger charge is 2.11. The lowest BCUT2D eigenvalue weighted by atomic mass is 10.1. The van der Waals surface area contributed by atoms with Crippen LogP contribution in [0.4, 0.5) is 5.82 Å². The molecule has 3 rings (SSSR count). The summed E-state index contributed by atoms with van der Waals surface area (Å²) in [5.74, 6) is 2.09. The van der Waals surface area contributed by atoms with Crippen molar-refractivity contribution in [2.24, 2.45) is 0 Å². The molecule has 3 aromatic rings. The Hall–Kier alpha value is -3.27. The lowest BCUT2D eigenvalue weighted by Crippen LogP contribution is -2.09. The molecule has 0 aliphatic rings. The topological polar surface area (TPSA) is 95.8 Å². The van der Waals surface area contributed by atoms with Crippen LogP contribution in [0.5, 0.6) is 11.5 Å². The molecular formula is C20H23N5O2. The summed E-state index contributed by atoms with van der Waals surface area (Å²) < 4.78 is 10.8. The van der Waals surface area contributed by atoms with Gasteiger partial charge in [-0.25, -0.2) is 0 Å². The van der Waals surface area contributed by atoms with Crippen molar-refractivity contribution in [2.45, 2.75) is 26.7 Å². The maximum absolute atomic E-state index is 9.35. The molecule has 0 spiro atoms. The highest BCUT2D eigenvalue weighted by molar-refractivity contribution is 5.88. The van der Waals surface area contributed by atoms with Crippen molar-refractivity contribution in [3.8, 4) is 17.6 Å². The normalized spacial score (nSPS) is 10.6. The first-order valence-corrected chi connectivity index (χ1v) is 8.78. The lowest BCUT2D eigenvalue weighted by Gasteiger charge is -2.09. The van der Waals surface area contributed by atoms with Crippen LogP contribution in [-0.2, 0) is 6.42 Å². The second-order valence-corrected chi connectivity index (χ2v) is 6.36. The monoisotopic (exact) mass is 365 g/mol. The molecule has 7 nitrogen and oxygen atoms in total. The molecule has 0 radical (unpaired) electrons. The van der Waals surface area contributed by atoms with Gasteiger partial charge in [-0.05, 0) is 38.3 Å². The number of aromatic amines is 1. The fourth-order valence-corrected chi connectivity index (χ4v) is 3.01. The molecule has 0 saturated heterocycles. The number of nitriles is 1. The molecule has 2 heterocycles. The number of H-pyrrole nitrogens is 1. The number of anilines is 1. The number of hydrogen-bond acceptors (Lipinski definition) is 6. The number of hydrogen-bond donors (Lipinski definition) is 2. The van der Waals surface area contributed by atoms with Crippen molar-refractivity contribution in [1.29, 1.82) is 5.26 Å². The molecule has 0 saturated carbocycles. The summed E-state index contributed by atoms with van der Waals surface area (Å²) in [6.07, 6.45) is 1.74. The maximum atomic E-state index is 9.35. The average Bonchev–Trinajstić information content (AvgIpc) is 3.09. The summed E-state index contributed by atoms with van der Waals surface area (Å²) in [7, 11) is 3.30. The minimum atomic E-state index is 0.545. The SMILES string of the molecule is COc1cc(OC)c2cc(CCCNc3nnc(C)c(C)c3C#N)[nH]c2c1. The maximum Gasteiger partial charge on any atom is 0.166 e. The van der Waals surface area contributed by atoms with Crippen molar-refractivity contribution in [1.82, 2.24) is 15.2 Å². The Balaban J connectivity index is 1.66. The molecule has 2 N–H and O–H groups in total. The summed E-state index contributed by atoms with van der Waals surface area (Å²) in [4.78, 5) is 3.41. The number of rotatable bonds is 7. The van der Waals surface area contributed by atoms with Gasteiger partial charge in [0.25, 0.3) is 0 Å². The minimum absolute atomic E-state index is 0.545. The van der Waals surface area contributed by atoms with E-state index in [-0.39, 0.29) is 0 Å². The first-order chi connectivity index (χ1) is 13.1. The van der Waals surface area contributed by atoms with E-state index in [1.54, 1.807) is 14.2 Å². The molecule has 0 fully saturated rings. The van der Waals surface area contributed by atoms with Gasteiger partial charge in [0.1, 0.15) is 23.1 Å². The highest BCUT2D eigenvalue weighted by Crippen LogP contribution is 2.31. The van der Waals surface area contributed by atoms with Gasteiger partial charge >= 0.3 is 0 Å². The van der Waals surface area contributed by atoms with Crippen LogP contribution in [0, 0.1) is 25.2 Å². The Morgan fingerprint density at radius 1 is 1.15 bits per heavy atom. The van der Waals surface area contributed by atoms with Gasteiger partial charge in [-0.1, -0.05) is 0 Å². The molecule has 0 bridgehead atoms. The molecule has 7 heteroatoms. The van der Waals surface area contributed by atoms with E-state index in [4.69, 9.17) is 9.47 Å². The van der Waals surface area contributed by atoms with Crippen LogP contribution in [0.3, 0.4) is 0 Å². The largest absolute Gasteiger partial charge is 0.497 e. The number of benzene rings is 1. The van der Waals surface area contributed by atoms with Crippen LogP contribution >= 0.6 is 0 Å². The second kappa shape index (κ2) is 7.96. The van der Waals surface area contributed by atoms with Crippen LogP contribution in [0.25, 0.3) is 10.9 Å². The van der Waals surface area contributed by atoms with Crippen molar-refractivity contribution < 1.29 is 9.47 Å². The van der Waals surface area contributed by atoms with E-state index in [1.807, 2.05) is 26.0 Å². The van der Waals surface area contributed by atoms with Crippen molar-refractivity contribution >= 4 is 16.7 Å². The smallest absolute Gasteiger partial charge is 0.166 e. The predicted octanol–water partition coefficient (Wildman–Crippen LogP) is 3.51. The summed E-state index contributed by atoms with van der Waals surface area (Å²) >= 11 is 0. The Labute approximate surface area is 158 Å². The third kappa shape index (κ3) is 3.80. The van der Waals surface area contributed by atoms with Crippen molar-refractivity contribution in [2.75, 3.05) is 26.1 Å². The Bertz CT molecular complexity index is 1000. The van der Waals surface area contributed by atoms with E-state index < -0.39 is 0 Å². The van der Waals surface area contributed by atoms with Gasteiger partial charge in [0.15, 0.2) is 5.82 Å². The van der Waals surface area contributed by atoms with E-state index in [9.17, 15) is 5.26 Å². The molecule has 1 aromatic carbocycles. The fourth-order valence-electron chi connectivity index (χ4n) is 3.01. The Morgan fingerprint density at radius 3 is 2.67 bits per heavy atom. The zero-order valence-corrected chi connectivity index (χ0v) is 16.0. The summed E-state index contributed by atoms with van der Waals surface area (Å²) in [5.41, 5.74) is 4.31. The molecule has 0 atom stereocenters. The van der Waals surface area contributed by atoms with Gasteiger partial charge in [-0.15, -0.1) is 5.10 Å². The van der Waals surface area contributed by atoms with E-state index >= 15 is 0 Å². The number of aryl methyl sites for hydroxylation is 2. The summed E-state index contributed by atoms with van der Waals surface area (Å²) in [6, 6.07) is 8.15. The Morgan fingerprint density at radius 2 is 1.96 bits per heavy atom. The van der Waals surface area contributed by atoms with Crippen LogP contribution in [0.15, 0.2) is 18.2 Å². The van der Waals surface area contributed by atoms with E-state index in [0.717, 1.165) is 52.2 Å². The second-order valence-electron chi connectivity index (χ2n) is 6.36. The number of methoxy groups -OCH3 is 2. The van der Waals surface area contributed by atoms with E-state index in [1.165, 1.54) is 0 Å². The molecule has 27 heavy (non-hydrogen) atoms. The minimum Gasteiger partial charge on any atom is -0.497 e. The summed E-state index contributed by atoms with van der Waals surface area (Å²) in [5, 5.41) is 21.8. The van der Waals surface area contributed by atoms with Gasteiger partial charge in [0, 0.05) is 29.8 Å². The molecule has 0 amide bonds. The first kappa shape index (κ1) is 18.5. The van der Waals surface area contributed by atoms with Crippen LogP contribution in [0.1, 0.15) is 28.9 Å². The van der Waals surface area contributed by atoms with E-state index in [2.05, 4.69) is 32.6 Å². The van der Waals surface area contributed by atoms with Gasteiger partial charge in [-0.2, -0.15) is 10.4 Å². The van der Waals surface area contributed by atoms with Crippen LogP contribution in [0.2, 0.25) is 0 Å². The number of fused-ring (bicyclic) bond motifs is 1. The van der Waals surface area contributed by atoms with Gasteiger partial charge in [-0.3, -0.25) is 0 Å². The average molecular weight is 365 g/mol. The molecule has 140 valence electrons. The number of ether oxygens (including phenoxy) is 2. The zero-order valence-electron chi connectivity index (χ0n) is 16.0. The molecular weight excluding hydrogens is 342 g/mol. The molecule has 2 aromatic heterocycles. The third-order valence-corrected chi connectivity index (χ3v) is 4.67. The predicted molar refractivity (Wildman–Crippen MR) is 104 cm³/mol. The fraction of sp³-hybridized carbons (Fsp3) is 0.350. The molecule has 0 unspecified atom stereocenters. The quantitative estimate of drug-likeness (QED) is 0.622. The van der Waals surface area contributed by atoms with Crippen LogP contribution < -0.4 is 14.8 Å². The standard InChI is InChI=1S/C20H23N5O2/c1-12-13(2)24-25-20(17(12)11-21)22-7-5-6-14-8-16-18(23-14)9-15(26-3)10-19(16)27-4/h8-10,23H,5-7H2,1-4H3,(H,22,25). The lowest BCUT2D eigenvalue weighted by molar-refractivity contribution is 0.398. The number of nitrogens with zero attached hydrogens (tertiary/aromatic N) is 3. The molecule has 0 aliphatic heterocycles. The zero-order chi connectivity index (χ0) is 19.4. The Kier molecular flexibility index (Phi) is 5.46. The first-order valence-electron chi connectivity index (χ1n) is 8.78. The van der Waals surface area contributed by atoms with Gasteiger partial charge < -0.3 is 19.8 Å². The third-order valence-electron chi connectivity index (χ3n) is 4.67. The highest BCUT2D eigenvalue weighted by atomic mass is 16.5. The van der Waals surface area contributed by atoms with Crippen molar-refractivity contribution in [3.63, 3.8) is 0 Å². The van der Waals surface area contributed by atoms with Gasteiger partial charge in [0.2, 0.25) is 0 Å². The molecule has 0 aliphatic carbocycles. The van der Waals surface area contributed by atoms with E-state index in [0.29, 0.717) is 17.9 Å². The number of aromatic nitrogens is 3.